The van der Waals surface area contributed by atoms with Gasteiger partial charge in [-0.05, 0) is 37.2 Å². The molecular formula is C15H15Cl2FN2O. The Bertz CT molecular complexity index is 637. The Morgan fingerprint density at radius 1 is 1.33 bits per heavy atom. The lowest BCUT2D eigenvalue weighted by atomic mass is 10.0. The van der Waals surface area contributed by atoms with Gasteiger partial charge >= 0.3 is 0 Å². The van der Waals surface area contributed by atoms with Crippen molar-refractivity contribution in [1.29, 1.82) is 0 Å². The van der Waals surface area contributed by atoms with E-state index in [1.807, 2.05) is 6.07 Å². The number of methoxy groups -OCH3 is 1. The van der Waals surface area contributed by atoms with Gasteiger partial charge in [0.2, 0.25) is 0 Å². The van der Waals surface area contributed by atoms with E-state index in [2.05, 4.69) is 10.3 Å². The summed E-state index contributed by atoms with van der Waals surface area (Å²) in [6.45, 7) is 0. The first-order chi connectivity index (χ1) is 10.0. The molecule has 0 saturated heterocycles. The number of ether oxygens (including phenoxy) is 1. The number of benzene rings is 1. The minimum atomic E-state index is -0.389. The maximum Gasteiger partial charge on any atom is 0.165 e. The average Bonchev–Trinajstić information content (AvgIpc) is 2.45. The van der Waals surface area contributed by atoms with Gasteiger partial charge in [-0.2, -0.15) is 0 Å². The zero-order valence-electron chi connectivity index (χ0n) is 11.7. The minimum absolute atomic E-state index is 0.137. The van der Waals surface area contributed by atoms with Crippen LogP contribution in [-0.4, -0.2) is 19.1 Å². The first-order valence-electron chi connectivity index (χ1n) is 6.35. The van der Waals surface area contributed by atoms with E-state index in [9.17, 15) is 4.39 Å². The van der Waals surface area contributed by atoms with Crippen LogP contribution in [0.2, 0.25) is 10.0 Å². The quantitative estimate of drug-likeness (QED) is 0.899. The fraction of sp³-hybridized carbons (Fsp3) is 0.267. The van der Waals surface area contributed by atoms with E-state index in [4.69, 9.17) is 27.9 Å². The molecular weight excluding hydrogens is 314 g/mol. The predicted molar refractivity (Wildman–Crippen MR) is 82.7 cm³/mol. The van der Waals surface area contributed by atoms with Gasteiger partial charge in [0.1, 0.15) is 0 Å². The van der Waals surface area contributed by atoms with E-state index in [0.29, 0.717) is 22.2 Å². The molecule has 1 atom stereocenters. The summed E-state index contributed by atoms with van der Waals surface area (Å²) in [7, 11) is 3.24. The summed E-state index contributed by atoms with van der Waals surface area (Å²) in [5, 5.41) is 4.09. The number of rotatable bonds is 5. The van der Waals surface area contributed by atoms with Gasteiger partial charge in [0.15, 0.2) is 11.6 Å². The van der Waals surface area contributed by atoms with Crippen LogP contribution in [0.4, 0.5) is 4.39 Å². The molecule has 112 valence electrons. The van der Waals surface area contributed by atoms with Crippen LogP contribution in [0.3, 0.4) is 0 Å². The smallest absolute Gasteiger partial charge is 0.165 e. The van der Waals surface area contributed by atoms with E-state index < -0.39 is 0 Å². The molecule has 0 spiro atoms. The van der Waals surface area contributed by atoms with Crippen LogP contribution in [0.5, 0.6) is 5.75 Å². The van der Waals surface area contributed by atoms with Crippen molar-refractivity contribution < 1.29 is 9.13 Å². The average molecular weight is 329 g/mol. The summed E-state index contributed by atoms with van der Waals surface area (Å²) in [6, 6.07) is 6.38. The summed E-state index contributed by atoms with van der Waals surface area (Å²) < 4.78 is 18.6. The van der Waals surface area contributed by atoms with Crippen molar-refractivity contribution in [2.24, 2.45) is 0 Å². The van der Waals surface area contributed by atoms with Crippen LogP contribution in [0.25, 0.3) is 0 Å². The van der Waals surface area contributed by atoms with Crippen LogP contribution >= 0.6 is 23.2 Å². The fourth-order valence-corrected chi connectivity index (χ4v) is 2.60. The number of aromatic nitrogens is 1. The monoisotopic (exact) mass is 328 g/mol. The first kappa shape index (κ1) is 16.0. The lowest BCUT2D eigenvalue weighted by molar-refractivity contribution is 0.386. The van der Waals surface area contributed by atoms with Crippen molar-refractivity contribution in [3.63, 3.8) is 0 Å². The van der Waals surface area contributed by atoms with Crippen molar-refractivity contribution in [2.75, 3.05) is 14.2 Å². The second-order valence-electron chi connectivity index (χ2n) is 4.53. The molecule has 1 unspecified atom stereocenters. The van der Waals surface area contributed by atoms with Crippen LogP contribution in [0.15, 0.2) is 30.5 Å². The Morgan fingerprint density at radius 2 is 2.10 bits per heavy atom. The van der Waals surface area contributed by atoms with Crippen molar-refractivity contribution in [3.8, 4) is 5.75 Å². The normalized spacial score (nSPS) is 12.2. The molecule has 2 rings (SSSR count). The molecule has 0 aliphatic heterocycles. The van der Waals surface area contributed by atoms with Crippen molar-refractivity contribution in [2.45, 2.75) is 12.5 Å². The Hall–Kier alpha value is -1.36. The molecule has 0 saturated carbocycles. The Labute approximate surface area is 133 Å². The van der Waals surface area contributed by atoms with Crippen LogP contribution in [-0.2, 0) is 6.42 Å². The van der Waals surface area contributed by atoms with Crippen LogP contribution < -0.4 is 10.1 Å². The van der Waals surface area contributed by atoms with E-state index in [1.54, 1.807) is 25.4 Å². The third-order valence-electron chi connectivity index (χ3n) is 3.17. The van der Waals surface area contributed by atoms with E-state index >= 15 is 0 Å². The number of nitrogens with one attached hydrogen (secondary N) is 1. The van der Waals surface area contributed by atoms with Crippen molar-refractivity contribution >= 4 is 23.2 Å². The molecule has 1 N–H and O–H groups in total. The van der Waals surface area contributed by atoms with Gasteiger partial charge in [-0.25, -0.2) is 4.39 Å². The van der Waals surface area contributed by atoms with E-state index in [0.717, 1.165) is 5.56 Å². The second kappa shape index (κ2) is 7.07. The topological polar surface area (TPSA) is 34.1 Å². The number of nitrogens with zero attached hydrogens (tertiary/aromatic N) is 1. The molecule has 2 aromatic rings. The zero-order chi connectivity index (χ0) is 15.4. The maximum absolute atomic E-state index is 13.7. The van der Waals surface area contributed by atoms with Gasteiger partial charge in [0.05, 0.1) is 28.9 Å². The molecule has 1 aromatic carbocycles. The van der Waals surface area contributed by atoms with Crippen LogP contribution in [0.1, 0.15) is 17.3 Å². The summed E-state index contributed by atoms with van der Waals surface area (Å²) >= 11 is 12.0. The highest BCUT2D eigenvalue weighted by atomic mass is 35.5. The lowest BCUT2D eigenvalue weighted by Crippen LogP contribution is -2.20. The molecule has 0 aliphatic rings. The van der Waals surface area contributed by atoms with Gasteiger partial charge in [0.25, 0.3) is 0 Å². The number of pyridine rings is 1. The molecule has 0 aliphatic carbocycles. The summed E-state index contributed by atoms with van der Waals surface area (Å²) in [5.74, 6) is -0.164. The molecule has 6 heteroatoms. The van der Waals surface area contributed by atoms with Gasteiger partial charge in [-0.15, -0.1) is 0 Å². The van der Waals surface area contributed by atoms with Crippen molar-refractivity contribution in [1.82, 2.24) is 10.3 Å². The summed E-state index contributed by atoms with van der Waals surface area (Å²) in [4.78, 5) is 4.26. The molecule has 0 bridgehead atoms. The van der Waals surface area contributed by atoms with Gasteiger partial charge < -0.3 is 10.1 Å². The fourth-order valence-electron chi connectivity index (χ4n) is 2.09. The Morgan fingerprint density at radius 3 is 2.67 bits per heavy atom. The highest BCUT2D eigenvalue weighted by Crippen LogP contribution is 2.27. The van der Waals surface area contributed by atoms with Gasteiger partial charge in [-0.1, -0.05) is 29.3 Å². The van der Waals surface area contributed by atoms with Gasteiger partial charge in [0, 0.05) is 6.20 Å². The molecule has 1 aromatic heterocycles. The standard InChI is InChI=1S/C15H15Cl2FN2O/c1-19-13(15-11(17)7-10(16)8-20-15)6-9-3-4-14(21-2)12(18)5-9/h3-5,7-8,13,19H,6H2,1-2H3. The zero-order valence-corrected chi connectivity index (χ0v) is 13.2. The number of halogens is 3. The highest BCUT2D eigenvalue weighted by Gasteiger charge is 2.16. The first-order valence-corrected chi connectivity index (χ1v) is 7.11. The largest absolute Gasteiger partial charge is 0.494 e. The molecule has 1 heterocycles. The second-order valence-corrected chi connectivity index (χ2v) is 5.38. The molecule has 0 radical (unpaired) electrons. The van der Waals surface area contributed by atoms with Gasteiger partial charge in [-0.3, -0.25) is 4.98 Å². The number of hydrogen-bond acceptors (Lipinski definition) is 3. The molecule has 0 fully saturated rings. The molecule has 21 heavy (non-hydrogen) atoms. The van der Waals surface area contributed by atoms with E-state index in [-0.39, 0.29) is 17.6 Å². The Kier molecular flexibility index (Phi) is 5.39. The van der Waals surface area contributed by atoms with Crippen LogP contribution in [0, 0.1) is 5.82 Å². The SMILES string of the molecule is CNC(Cc1ccc(OC)c(F)c1)c1ncc(Cl)cc1Cl. The number of likely N-dealkylation sites (N-methyl/N-ethyl adjacent to an activating group) is 1. The molecule has 3 nitrogen and oxygen atoms in total. The van der Waals surface area contributed by atoms with E-state index in [1.165, 1.54) is 13.2 Å². The Balaban J connectivity index is 2.24. The molecule has 0 amide bonds. The lowest BCUT2D eigenvalue weighted by Gasteiger charge is -2.17. The maximum atomic E-state index is 13.7. The summed E-state index contributed by atoms with van der Waals surface area (Å²) in [6.07, 6.45) is 2.09. The summed E-state index contributed by atoms with van der Waals surface area (Å²) in [5.41, 5.74) is 1.50. The number of hydrogen-bond donors (Lipinski definition) is 1. The highest BCUT2D eigenvalue weighted by molar-refractivity contribution is 6.34. The minimum Gasteiger partial charge on any atom is -0.494 e. The predicted octanol–water partition coefficient (Wildman–Crippen LogP) is 4.04. The third kappa shape index (κ3) is 3.84. The van der Waals surface area contributed by atoms with Crippen molar-refractivity contribution in [3.05, 3.63) is 57.6 Å². The third-order valence-corrected chi connectivity index (χ3v) is 3.68.